The maximum Gasteiger partial charge on any atom is 0.240 e. The zero-order valence-corrected chi connectivity index (χ0v) is 16.3. The molecule has 2 aromatic heterocycles. The molecule has 2 aromatic carbocycles. The van der Waals surface area contributed by atoms with Gasteiger partial charge >= 0.3 is 0 Å². The maximum atomic E-state index is 5.93. The molecule has 0 aliphatic rings. The van der Waals surface area contributed by atoms with Crippen LogP contribution in [0.15, 0.2) is 70.6 Å². The second-order valence-electron chi connectivity index (χ2n) is 6.26. The van der Waals surface area contributed by atoms with Gasteiger partial charge in [0.05, 0.1) is 12.6 Å². The normalized spacial score (nSPS) is 12.2. The van der Waals surface area contributed by atoms with Gasteiger partial charge in [-0.1, -0.05) is 52.7 Å². The van der Waals surface area contributed by atoms with Gasteiger partial charge in [0.1, 0.15) is 0 Å². The molecule has 0 spiro atoms. The van der Waals surface area contributed by atoms with E-state index in [-0.39, 0.29) is 6.04 Å². The molecule has 0 saturated carbocycles. The number of hydrogen-bond donors (Lipinski definition) is 1. The van der Waals surface area contributed by atoms with Gasteiger partial charge in [0.25, 0.3) is 0 Å². The Kier molecular flexibility index (Phi) is 5.34. The lowest BCUT2D eigenvalue weighted by atomic mass is 10.0. The summed E-state index contributed by atoms with van der Waals surface area (Å²) >= 11 is 7.66. The van der Waals surface area contributed by atoms with Crippen LogP contribution < -0.4 is 5.32 Å². The predicted octanol–water partition coefficient (Wildman–Crippen LogP) is 5.64. The van der Waals surface area contributed by atoms with Crippen LogP contribution in [0.4, 0.5) is 0 Å². The third-order valence-electron chi connectivity index (χ3n) is 4.27. The monoisotopic (exact) mass is 395 g/mol. The Hall–Kier alpha value is -2.47. The van der Waals surface area contributed by atoms with Crippen LogP contribution in [0, 0.1) is 6.92 Å². The van der Waals surface area contributed by atoms with Crippen molar-refractivity contribution >= 4 is 22.9 Å². The molecule has 6 heteroatoms. The third-order valence-corrected chi connectivity index (χ3v) is 5.46. The molecule has 0 radical (unpaired) electrons. The van der Waals surface area contributed by atoms with Crippen molar-refractivity contribution in [1.29, 1.82) is 0 Å². The average molecular weight is 396 g/mol. The van der Waals surface area contributed by atoms with E-state index in [1.54, 1.807) is 11.3 Å². The molecule has 1 N–H and O–H groups in total. The fraction of sp³-hybridized carbons (Fsp3) is 0.143. The van der Waals surface area contributed by atoms with Crippen LogP contribution in [-0.2, 0) is 6.54 Å². The van der Waals surface area contributed by atoms with Gasteiger partial charge < -0.3 is 4.52 Å². The van der Waals surface area contributed by atoms with Gasteiger partial charge in [-0.3, -0.25) is 5.32 Å². The molecular formula is C21H18ClN3OS. The van der Waals surface area contributed by atoms with E-state index in [0.717, 1.165) is 5.56 Å². The Bertz CT molecular complexity index is 995. The number of thiophene rings is 1. The average Bonchev–Trinajstić information content (AvgIpc) is 3.36. The van der Waals surface area contributed by atoms with Gasteiger partial charge in [-0.05, 0) is 48.2 Å². The molecule has 27 heavy (non-hydrogen) atoms. The SMILES string of the molecule is Cc1ccc([C@H](NCc2nc(-c3ccc(Cl)cc3)no2)c2cccs2)cc1. The van der Waals surface area contributed by atoms with Crippen LogP contribution >= 0.6 is 22.9 Å². The van der Waals surface area contributed by atoms with Gasteiger partial charge in [-0.2, -0.15) is 4.98 Å². The van der Waals surface area contributed by atoms with Crippen molar-refractivity contribution in [1.82, 2.24) is 15.5 Å². The Labute approximate surface area is 166 Å². The van der Waals surface area contributed by atoms with Crippen LogP contribution in [0.25, 0.3) is 11.4 Å². The Morgan fingerprint density at radius 3 is 2.56 bits per heavy atom. The van der Waals surface area contributed by atoms with E-state index in [1.807, 2.05) is 24.3 Å². The molecule has 4 rings (SSSR count). The van der Waals surface area contributed by atoms with Crippen LogP contribution in [0.5, 0.6) is 0 Å². The molecule has 0 aliphatic carbocycles. The highest BCUT2D eigenvalue weighted by Crippen LogP contribution is 2.27. The lowest BCUT2D eigenvalue weighted by molar-refractivity contribution is 0.363. The maximum absolute atomic E-state index is 5.93. The minimum atomic E-state index is 0.0801. The molecule has 0 fully saturated rings. The molecule has 0 amide bonds. The lowest BCUT2D eigenvalue weighted by Crippen LogP contribution is -2.21. The first kappa shape index (κ1) is 17.9. The molecule has 2 heterocycles. The van der Waals surface area contributed by atoms with E-state index in [0.29, 0.717) is 23.3 Å². The van der Waals surface area contributed by atoms with E-state index in [2.05, 4.69) is 64.2 Å². The van der Waals surface area contributed by atoms with Gasteiger partial charge in [-0.15, -0.1) is 11.3 Å². The van der Waals surface area contributed by atoms with Crippen LogP contribution in [0.2, 0.25) is 5.02 Å². The van der Waals surface area contributed by atoms with E-state index in [4.69, 9.17) is 16.1 Å². The number of aryl methyl sites for hydroxylation is 1. The number of halogens is 1. The smallest absolute Gasteiger partial charge is 0.240 e. The Morgan fingerprint density at radius 1 is 1.07 bits per heavy atom. The number of benzene rings is 2. The largest absolute Gasteiger partial charge is 0.338 e. The van der Waals surface area contributed by atoms with Crippen LogP contribution in [0.3, 0.4) is 0 Å². The van der Waals surface area contributed by atoms with Crippen molar-refractivity contribution in [3.63, 3.8) is 0 Å². The Morgan fingerprint density at radius 2 is 1.85 bits per heavy atom. The van der Waals surface area contributed by atoms with Gasteiger partial charge in [0.15, 0.2) is 0 Å². The highest BCUT2D eigenvalue weighted by molar-refractivity contribution is 7.10. The van der Waals surface area contributed by atoms with Crippen molar-refractivity contribution < 1.29 is 4.52 Å². The third kappa shape index (κ3) is 4.27. The number of nitrogens with one attached hydrogen (secondary N) is 1. The summed E-state index contributed by atoms with van der Waals surface area (Å²) in [6.45, 7) is 2.57. The van der Waals surface area contributed by atoms with Crippen LogP contribution in [0.1, 0.15) is 27.9 Å². The molecular weight excluding hydrogens is 378 g/mol. The highest BCUT2D eigenvalue weighted by Gasteiger charge is 2.17. The fourth-order valence-corrected chi connectivity index (χ4v) is 3.78. The van der Waals surface area contributed by atoms with E-state index in [1.165, 1.54) is 16.0 Å². The molecule has 1 atom stereocenters. The summed E-state index contributed by atoms with van der Waals surface area (Å²) in [5.41, 5.74) is 3.33. The lowest BCUT2D eigenvalue weighted by Gasteiger charge is -2.17. The molecule has 0 unspecified atom stereocenters. The summed E-state index contributed by atoms with van der Waals surface area (Å²) in [4.78, 5) is 5.74. The molecule has 0 aliphatic heterocycles. The minimum Gasteiger partial charge on any atom is -0.338 e. The summed E-state index contributed by atoms with van der Waals surface area (Å²) in [5.74, 6) is 1.11. The minimum absolute atomic E-state index is 0.0801. The highest BCUT2D eigenvalue weighted by atomic mass is 35.5. The number of nitrogens with zero attached hydrogens (tertiary/aromatic N) is 2. The zero-order valence-electron chi connectivity index (χ0n) is 14.7. The molecule has 136 valence electrons. The number of rotatable bonds is 6. The van der Waals surface area contributed by atoms with Gasteiger partial charge in [-0.25, -0.2) is 0 Å². The Balaban J connectivity index is 1.51. The van der Waals surface area contributed by atoms with Crippen molar-refractivity contribution in [3.8, 4) is 11.4 Å². The quantitative estimate of drug-likeness (QED) is 0.459. The summed E-state index contributed by atoms with van der Waals surface area (Å²) in [5, 5.41) is 10.4. The van der Waals surface area contributed by atoms with Gasteiger partial charge in [0.2, 0.25) is 11.7 Å². The van der Waals surface area contributed by atoms with Crippen molar-refractivity contribution in [2.75, 3.05) is 0 Å². The standard InChI is InChI=1S/C21H18ClN3OS/c1-14-4-6-15(7-5-14)20(18-3-2-12-27-18)23-13-19-24-21(25-26-19)16-8-10-17(22)11-9-16/h2-12,20,23H,13H2,1H3/t20-/m0/s1. The topological polar surface area (TPSA) is 51.0 Å². The second-order valence-corrected chi connectivity index (χ2v) is 7.67. The van der Waals surface area contributed by atoms with Crippen molar-refractivity contribution in [2.45, 2.75) is 19.5 Å². The van der Waals surface area contributed by atoms with E-state index in [9.17, 15) is 0 Å². The van der Waals surface area contributed by atoms with E-state index >= 15 is 0 Å². The molecule has 4 nitrogen and oxygen atoms in total. The molecule has 4 aromatic rings. The summed E-state index contributed by atoms with van der Waals surface area (Å²) in [6, 6.07) is 20.2. The van der Waals surface area contributed by atoms with Crippen LogP contribution in [-0.4, -0.2) is 10.1 Å². The van der Waals surface area contributed by atoms with Crippen molar-refractivity contribution in [2.24, 2.45) is 0 Å². The summed E-state index contributed by atoms with van der Waals surface area (Å²) in [7, 11) is 0. The first-order valence-electron chi connectivity index (χ1n) is 8.61. The summed E-state index contributed by atoms with van der Waals surface area (Å²) < 4.78 is 5.42. The first-order chi connectivity index (χ1) is 13.2. The predicted molar refractivity (Wildman–Crippen MR) is 109 cm³/mol. The van der Waals surface area contributed by atoms with Crippen molar-refractivity contribution in [3.05, 3.63) is 93.0 Å². The first-order valence-corrected chi connectivity index (χ1v) is 9.87. The van der Waals surface area contributed by atoms with E-state index < -0.39 is 0 Å². The molecule has 0 bridgehead atoms. The number of hydrogen-bond acceptors (Lipinski definition) is 5. The van der Waals surface area contributed by atoms with Gasteiger partial charge in [0, 0.05) is 15.5 Å². The number of aromatic nitrogens is 2. The summed E-state index contributed by atoms with van der Waals surface area (Å²) in [6.07, 6.45) is 0. The fourth-order valence-electron chi connectivity index (χ4n) is 2.83. The zero-order chi connectivity index (χ0) is 18.6. The second kappa shape index (κ2) is 8.05. The molecule has 0 saturated heterocycles.